The number of thiol groups is 1. The zero-order valence-electron chi connectivity index (χ0n) is 6.87. The Bertz CT molecular complexity index is 161. The van der Waals surface area contributed by atoms with Crippen molar-refractivity contribution in [2.75, 3.05) is 13.1 Å². The molecule has 0 bridgehead atoms. The van der Waals surface area contributed by atoms with E-state index in [2.05, 4.69) is 36.7 Å². The quantitative estimate of drug-likeness (QED) is 0.436. The van der Waals surface area contributed by atoms with E-state index in [1.54, 1.807) is 0 Å². The lowest BCUT2D eigenvalue weighted by Crippen LogP contribution is -2.54. The molecule has 1 fully saturated rings. The van der Waals surface area contributed by atoms with E-state index < -0.39 is 0 Å². The SMILES string of the molecule is C[C@@H]1CN(C(=S)S)[C@@H](C)CN1. The Morgan fingerprint density at radius 3 is 2.73 bits per heavy atom. The summed E-state index contributed by atoms with van der Waals surface area (Å²) in [6, 6.07) is 1.01. The van der Waals surface area contributed by atoms with Gasteiger partial charge in [-0.25, -0.2) is 0 Å². The summed E-state index contributed by atoms with van der Waals surface area (Å²) < 4.78 is 0.714. The van der Waals surface area contributed by atoms with Crippen LogP contribution in [0.4, 0.5) is 0 Å². The smallest absolute Gasteiger partial charge is 0.133 e. The number of piperazine rings is 1. The van der Waals surface area contributed by atoms with Crippen molar-refractivity contribution in [1.82, 2.24) is 10.2 Å². The van der Waals surface area contributed by atoms with Gasteiger partial charge in [-0.2, -0.15) is 0 Å². The lowest BCUT2D eigenvalue weighted by Gasteiger charge is -2.37. The van der Waals surface area contributed by atoms with Crippen molar-refractivity contribution < 1.29 is 0 Å². The zero-order chi connectivity index (χ0) is 8.43. The van der Waals surface area contributed by atoms with Crippen LogP contribution in [0.1, 0.15) is 13.8 Å². The molecule has 0 saturated carbocycles. The normalized spacial score (nSPS) is 32.1. The van der Waals surface area contributed by atoms with Gasteiger partial charge in [0, 0.05) is 25.2 Å². The van der Waals surface area contributed by atoms with Gasteiger partial charge in [0.05, 0.1) is 0 Å². The van der Waals surface area contributed by atoms with Gasteiger partial charge in [0.2, 0.25) is 0 Å². The Kier molecular flexibility index (Phi) is 3.16. The fraction of sp³-hybridized carbons (Fsp3) is 0.857. The zero-order valence-corrected chi connectivity index (χ0v) is 8.58. The lowest BCUT2D eigenvalue weighted by atomic mass is 10.2. The summed E-state index contributed by atoms with van der Waals surface area (Å²) in [6.45, 7) is 6.29. The summed E-state index contributed by atoms with van der Waals surface area (Å²) in [5.74, 6) is 0. The Balaban J connectivity index is 2.54. The van der Waals surface area contributed by atoms with Gasteiger partial charge in [0.15, 0.2) is 0 Å². The molecule has 1 N–H and O–H groups in total. The molecule has 1 heterocycles. The molecule has 0 unspecified atom stereocenters. The Morgan fingerprint density at radius 1 is 1.64 bits per heavy atom. The highest BCUT2D eigenvalue weighted by molar-refractivity contribution is 8.10. The molecule has 0 amide bonds. The standard InChI is InChI=1S/C7H14N2S2/c1-5-4-9(7(10)11)6(2)3-8-5/h5-6,8H,3-4H2,1-2H3,(H,10,11)/t5-,6+/m1/s1. The molecule has 4 heteroatoms. The van der Waals surface area contributed by atoms with Crippen molar-refractivity contribution in [2.24, 2.45) is 0 Å². The molecule has 2 nitrogen and oxygen atoms in total. The summed E-state index contributed by atoms with van der Waals surface area (Å²) in [7, 11) is 0. The van der Waals surface area contributed by atoms with Gasteiger partial charge in [0.1, 0.15) is 4.32 Å². The van der Waals surface area contributed by atoms with Gasteiger partial charge >= 0.3 is 0 Å². The van der Waals surface area contributed by atoms with E-state index >= 15 is 0 Å². The summed E-state index contributed by atoms with van der Waals surface area (Å²) >= 11 is 9.18. The molecule has 11 heavy (non-hydrogen) atoms. The molecule has 64 valence electrons. The van der Waals surface area contributed by atoms with Gasteiger partial charge in [-0.1, -0.05) is 12.2 Å². The number of hydrogen-bond acceptors (Lipinski definition) is 2. The van der Waals surface area contributed by atoms with Crippen LogP contribution in [0.5, 0.6) is 0 Å². The number of hydrogen-bond donors (Lipinski definition) is 2. The molecule has 1 aliphatic heterocycles. The number of nitrogens with zero attached hydrogens (tertiary/aromatic N) is 1. The van der Waals surface area contributed by atoms with Crippen LogP contribution in [0.3, 0.4) is 0 Å². The molecule has 0 radical (unpaired) electrons. The number of thiocarbonyl (C=S) groups is 1. The van der Waals surface area contributed by atoms with E-state index in [0.717, 1.165) is 13.1 Å². The highest BCUT2D eigenvalue weighted by atomic mass is 32.1. The highest BCUT2D eigenvalue weighted by Gasteiger charge is 2.22. The first-order chi connectivity index (χ1) is 5.11. The van der Waals surface area contributed by atoms with E-state index in [1.807, 2.05) is 0 Å². The summed E-state index contributed by atoms with van der Waals surface area (Å²) in [5.41, 5.74) is 0. The summed E-state index contributed by atoms with van der Waals surface area (Å²) in [4.78, 5) is 2.15. The molecule has 1 rings (SSSR count). The topological polar surface area (TPSA) is 15.3 Å². The van der Waals surface area contributed by atoms with Crippen molar-refractivity contribution in [3.8, 4) is 0 Å². The van der Waals surface area contributed by atoms with Crippen LogP contribution in [0, 0.1) is 0 Å². The van der Waals surface area contributed by atoms with Crippen molar-refractivity contribution in [1.29, 1.82) is 0 Å². The van der Waals surface area contributed by atoms with Crippen LogP contribution < -0.4 is 5.32 Å². The van der Waals surface area contributed by atoms with Gasteiger partial charge in [-0.3, -0.25) is 0 Å². The number of rotatable bonds is 0. The first kappa shape index (κ1) is 9.29. The summed E-state index contributed by atoms with van der Waals surface area (Å²) in [5, 5.41) is 3.38. The van der Waals surface area contributed by atoms with Gasteiger partial charge in [-0.15, -0.1) is 12.6 Å². The number of nitrogens with one attached hydrogen (secondary N) is 1. The van der Waals surface area contributed by atoms with Gasteiger partial charge < -0.3 is 10.2 Å². The van der Waals surface area contributed by atoms with Crippen LogP contribution >= 0.6 is 24.8 Å². The van der Waals surface area contributed by atoms with Crippen molar-refractivity contribution >= 4 is 29.2 Å². The third kappa shape index (κ3) is 2.32. The molecule has 0 aromatic carbocycles. The lowest BCUT2D eigenvalue weighted by molar-refractivity contribution is 0.242. The maximum Gasteiger partial charge on any atom is 0.133 e. The molecular formula is C7H14N2S2. The molecule has 1 saturated heterocycles. The van der Waals surface area contributed by atoms with Crippen LogP contribution in [-0.4, -0.2) is 34.4 Å². The molecule has 2 atom stereocenters. The molecule has 0 aliphatic carbocycles. The second kappa shape index (κ2) is 3.74. The predicted molar refractivity (Wildman–Crippen MR) is 55.2 cm³/mol. The second-order valence-electron chi connectivity index (χ2n) is 3.09. The third-order valence-corrected chi connectivity index (χ3v) is 2.50. The van der Waals surface area contributed by atoms with E-state index in [4.69, 9.17) is 12.2 Å². The van der Waals surface area contributed by atoms with Crippen LogP contribution in [0.2, 0.25) is 0 Å². The maximum absolute atomic E-state index is 5.01. The van der Waals surface area contributed by atoms with Crippen LogP contribution in [0.15, 0.2) is 0 Å². The molecule has 0 aromatic rings. The van der Waals surface area contributed by atoms with Crippen LogP contribution in [0.25, 0.3) is 0 Å². The fourth-order valence-electron chi connectivity index (χ4n) is 1.29. The Labute approximate surface area is 78.7 Å². The van der Waals surface area contributed by atoms with Crippen molar-refractivity contribution in [3.63, 3.8) is 0 Å². The van der Waals surface area contributed by atoms with Gasteiger partial charge in [0.25, 0.3) is 0 Å². The van der Waals surface area contributed by atoms with E-state index in [1.165, 1.54) is 0 Å². The van der Waals surface area contributed by atoms with Crippen molar-refractivity contribution in [3.05, 3.63) is 0 Å². The second-order valence-corrected chi connectivity index (χ2v) is 4.21. The molecule has 0 aromatic heterocycles. The average molecular weight is 190 g/mol. The molecular weight excluding hydrogens is 176 g/mol. The summed E-state index contributed by atoms with van der Waals surface area (Å²) in [6.07, 6.45) is 0. The Hall–Kier alpha value is 0.200. The highest BCUT2D eigenvalue weighted by Crippen LogP contribution is 2.09. The third-order valence-electron chi connectivity index (χ3n) is 2.01. The van der Waals surface area contributed by atoms with Gasteiger partial charge in [-0.05, 0) is 13.8 Å². The largest absolute Gasteiger partial charge is 0.352 e. The average Bonchev–Trinajstić information content (AvgIpc) is 1.94. The van der Waals surface area contributed by atoms with E-state index in [0.29, 0.717) is 16.4 Å². The Morgan fingerprint density at radius 2 is 2.27 bits per heavy atom. The monoisotopic (exact) mass is 190 g/mol. The first-order valence-electron chi connectivity index (χ1n) is 3.84. The van der Waals surface area contributed by atoms with E-state index in [-0.39, 0.29) is 0 Å². The first-order valence-corrected chi connectivity index (χ1v) is 4.69. The molecule has 1 aliphatic rings. The van der Waals surface area contributed by atoms with E-state index in [9.17, 15) is 0 Å². The molecule has 0 spiro atoms. The fourth-order valence-corrected chi connectivity index (χ4v) is 1.82. The minimum atomic E-state index is 0.483. The predicted octanol–water partition coefficient (Wildman–Crippen LogP) is 0.883. The minimum Gasteiger partial charge on any atom is -0.352 e. The minimum absolute atomic E-state index is 0.483. The van der Waals surface area contributed by atoms with Crippen LogP contribution in [-0.2, 0) is 0 Å². The van der Waals surface area contributed by atoms with Crippen molar-refractivity contribution in [2.45, 2.75) is 25.9 Å². The maximum atomic E-state index is 5.01.